The van der Waals surface area contributed by atoms with Gasteiger partial charge in [-0.15, -0.1) is 11.8 Å². The van der Waals surface area contributed by atoms with Crippen LogP contribution in [0.3, 0.4) is 0 Å². The van der Waals surface area contributed by atoms with Crippen molar-refractivity contribution >= 4 is 11.8 Å². The third-order valence-electron chi connectivity index (χ3n) is 5.78. The molecule has 3 unspecified atom stereocenters. The van der Waals surface area contributed by atoms with E-state index in [0.717, 1.165) is 44.9 Å². The number of aliphatic hydroxyl groups is 1. The number of aliphatic carboxylic acids is 1. The summed E-state index contributed by atoms with van der Waals surface area (Å²) in [6, 6.07) is 0. The number of hydrogen-bond acceptors (Lipinski definition) is 4. The molecule has 2 N–H and O–H groups in total. The largest absolute Gasteiger partial charge is 0.479 e. The summed E-state index contributed by atoms with van der Waals surface area (Å²) in [6.07, 6.45) is 5.14. The molecule has 2 rings (SSSR count). The maximum absolute atomic E-state index is 11.7. The van der Waals surface area contributed by atoms with Crippen molar-refractivity contribution in [3.63, 3.8) is 0 Å². The first-order valence-electron chi connectivity index (χ1n) is 10.1. The number of hydrogen-bond donors (Lipinski definition) is 2. The Kier molecular flexibility index (Phi) is 8.07. The zero-order chi connectivity index (χ0) is 20.0. The van der Waals surface area contributed by atoms with Gasteiger partial charge in [-0.25, -0.2) is 4.79 Å². The zero-order valence-electron chi connectivity index (χ0n) is 16.4. The molecule has 1 heterocycles. The average Bonchev–Trinajstić information content (AvgIpc) is 3.27. The molecule has 0 aromatic heterocycles. The molecule has 5 heteroatoms. The molecule has 150 valence electrons. The van der Waals surface area contributed by atoms with Gasteiger partial charge in [0.2, 0.25) is 6.10 Å². The summed E-state index contributed by atoms with van der Waals surface area (Å²) in [5.41, 5.74) is 1.27. The van der Waals surface area contributed by atoms with Crippen LogP contribution in [0.1, 0.15) is 65.2 Å². The van der Waals surface area contributed by atoms with E-state index in [2.05, 4.69) is 32.3 Å². The number of allylic oxidation sites excluding steroid dienone is 1. The van der Waals surface area contributed by atoms with Crippen molar-refractivity contribution in [3.05, 3.63) is 12.2 Å². The Morgan fingerprint density at radius 2 is 2.11 bits per heavy atom. The summed E-state index contributed by atoms with van der Waals surface area (Å²) in [5, 5.41) is 18.0. The second-order valence-electron chi connectivity index (χ2n) is 7.93. The van der Waals surface area contributed by atoms with Gasteiger partial charge in [-0.1, -0.05) is 32.4 Å². The minimum absolute atomic E-state index is 0.0216. The van der Waals surface area contributed by atoms with E-state index in [4.69, 9.17) is 9.84 Å². The van der Waals surface area contributed by atoms with E-state index in [9.17, 15) is 14.7 Å². The molecule has 2 fully saturated rings. The van der Waals surface area contributed by atoms with Gasteiger partial charge in [0.15, 0.2) is 5.78 Å². The second-order valence-corrected chi connectivity index (χ2v) is 7.93. The quantitative estimate of drug-likeness (QED) is 0.264. The van der Waals surface area contributed by atoms with E-state index >= 15 is 0 Å². The summed E-state index contributed by atoms with van der Waals surface area (Å²) in [6.45, 7) is 8.47. The summed E-state index contributed by atoms with van der Waals surface area (Å²) in [7, 11) is 0. The van der Waals surface area contributed by atoms with Gasteiger partial charge in [-0.2, -0.15) is 0 Å². The molecule has 27 heavy (non-hydrogen) atoms. The normalized spacial score (nSPS) is 28.9. The molecule has 2 aliphatic rings. The molecule has 0 aromatic carbocycles. The lowest BCUT2D eigenvalue weighted by molar-refractivity contribution is -0.152. The van der Waals surface area contributed by atoms with Crippen LogP contribution in [0.25, 0.3) is 0 Å². The summed E-state index contributed by atoms with van der Waals surface area (Å²) < 4.78 is 5.58. The van der Waals surface area contributed by atoms with Crippen LogP contribution in [0.15, 0.2) is 12.2 Å². The van der Waals surface area contributed by atoms with E-state index < -0.39 is 17.9 Å². The summed E-state index contributed by atoms with van der Waals surface area (Å²) in [5.74, 6) is 5.71. The van der Waals surface area contributed by atoms with Gasteiger partial charge in [0.1, 0.15) is 0 Å². The number of carbonyl (C=O) groups excluding carboxylic acids is 1. The number of epoxide rings is 1. The van der Waals surface area contributed by atoms with E-state index in [1.165, 1.54) is 5.57 Å². The van der Waals surface area contributed by atoms with Gasteiger partial charge >= 0.3 is 5.97 Å². The molecule has 0 radical (unpaired) electrons. The molecule has 0 amide bonds. The Balaban J connectivity index is 1.75. The highest BCUT2D eigenvalue weighted by atomic mass is 16.6. The lowest BCUT2D eigenvalue weighted by Gasteiger charge is -2.20. The van der Waals surface area contributed by atoms with Crippen LogP contribution in [0.5, 0.6) is 0 Å². The molecule has 5 nitrogen and oxygen atoms in total. The number of Topliss-reactive ketones (excluding diaryl/α,β-unsaturated/α-hetero) is 1. The smallest absolute Gasteiger partial charge is 0.340 e. The van der Waals surface area contributed by atoms with Crippen molar-refractivity contribution in [3.8, 4) is 11.8 Å². The Bertz CT molecular complexity index is 614. The SMILES string of the molecule is C=C1CC[C@H](CCCC(C)C#CCC)[C@H]1C[C@H]1OC1CC(=O)C(O)C(=O)O. The number of ketones is 1. The summed E-state index contributed by atoms with van der Waals surface area (Å²) in [4.78, 5) is 22.4. The van der Waals surface area contributed by atoms with Gasteiger partial charge < -0.3 is 14.9 Å². The Labute approximate surface area is 162 Å². The van der Waals surface area contributed by atoms with Crippen LogP contribution >= 0.6 is 0 Å². The van der Waals surface area contributed by atoms with Crippen molar-refractivity contribution < 1.29 is 24.5 Å². The van der Waals surface area contributed by atoms with Crippen molar-refractivity contribution in [1.82, 2.24) is 0 Å². The highest BCUT2D eigenvalue weighted by Crippen LogP contribution is 2.45. The van der Waals surface area contributed by atoms with E-state index in [1.54, 1.807) is 0 Å². The van der Waals surface area contributed by atoms with Crippen LogP contribution in [0.2, 0.25) is 0 Å². The average molecular weight is 376 g/mol. The Morgan fingerprint density at radius 3 is 2.78 bits per heavy atom. The maximum atomic E-state index is 11.7. The molecule has 1 aliphatic carbocycles. The Hall–Kier alpha value is -1.64. The molecule has 1 aliphatic heterocycles. The zero-order valence-corrected chi connectivity index (χ0v) is 16.4. The monoisotopic (exact) mass is 376 g/mol. The highest BCUT2D eigenvalue weighted by Gasteiger charge is 2.45. The van der Waals surface area contributed by atoms with E-state index in [1.807, 2.05) is 0 Å². The fourth-order valence-corrected chi connectivity index (χ4v) is 4.09. The highest BCUT2D eigenvalue weighted by molar-refractivity contribution is 6.01. The van der Waals surface area contributed by atoms with Crippen LogP contribution in [-0.4, -0.2) is 40.3 Å². The maximum Gasteiger partial charge on any atom is 0.340 e. The number of carboxylic acids is 1. The van der Waals surface area contributed by atoms with E-state index in [-0.39, 0.29) is 18.6 Å². The van der Waals surface area contributed by atoms with Crippen LogP contribution in [0, 0.1) is 29.6 Å². The van der Waals surface area contributed by atoms with Crippen LogP contribution in [0.4, 0.5) is 0 Å². The Morgan fingerprint density at radius 1 is 1.37 bits per heavy atom. The van der Waals surface area contributed by atoms with Gasteiger partial charge in [-0.05, 0) is 43.9 Å². The predicted octanol–water partition coefficient (Wildman–Crippen LogP) is 3.35. The van der Waals surface area contributed by atoms with Crippen LogP contribution < -0.4 is 0 Å². The topological polar surface area (TPSA) is 87.1 Å². The van der Waals surface area contributed by atoms with Gasteiger partial charge in [0, 0.05) is 18.8 Å². The van der Waals surface area contributed by atoms with Gasteiger partial charge in [-0.3, -0.25) is 4.79 Å². The lowest BCUT2D eigenvalue weighted by Crippen LogP contribution is -2.30. The van der Waals surface area contributed by atoms with Gasteiger partial charge in [0.25, 0.3) is 0 Å². The lowest BCUT2D eigenvalue weighted by atomic mass is 9.84. The number of carbonyl (C=O) groups is 2. The third-order valence-corrected chi connectivity index (χ3v) is 5.78. The third kappa shape index (κ3) is 6.48. The van der Waals surface area contributed by atoms with Crippen molar-refractivity contribution in [2.45, 2.75) is 83.5 Å². The van der Waals surface area contributed by atoms with Crippen LogP contribution in [-0.2, 0) is 14.3 Å². The first-order chi connectivity index (χ1) is 12.8. The molecule has 0 spiro atoms. The second kappa shape index (κ2) is 10.1. The minimum atomic E-state index is -1.94. The van der Waals surface area contributed by atoms with Crippen molar-refractivity contribution in [2.75, 3.05) is 0 Å². The molecule has 0 bridgehead atoms. The molecule has 1 saturated carbocycles. The molecule has 6 atom stereocenters. The van der Waals surface area contributed by atoms with Crippen molar-refractivity contribution in [1.29, 1.82) is 0 Å². The fraction of sp³-hybridized carbons (Fsp3) is 0.727. The number of ether oxygens (including phenoxy) is 1. The first-order valence-corrected chi connectivity index (χ1v) is 10.1. The fourth-order valence-electron chi connectivity index (χ4n) is 4.09. The number of aliphatic hydroxyl groups excluding tert-OH is 1. The van der Waals surface area contributed by atoms with E-state index in [0.29, 0.717) is 17.8 Å². The number of rotatable bonds is 10. The first kappa shape index (κ1) is 21.7. The van der Waals surface area contributed by atoms with Gasteiger partial charge in [0.05, 0.1) is 12.2 Å². The van der Waals surface area contributed by atoms with Crippen molar-refractivity contribution in [2.24, 2.45) is 17.8 Å². The standard InChI is InChI=1S/C22H32O5/c1-4-5-7-14(2)8-6-9-16-11-10-15(3)17(16)12-19-20(27-19)13-18(23)21(24)22(25)26/h14,16-17,19-21,24H,3-4,6,8-13H2,1-2H3,(H,25,26)/t14?,16-,17-,19+,20?,21?/m0/s1. The molecule has 1 saturated heterocycles. The summed E-state index contributed by atoms with van der Waals surface area (Å²) >= 11 is 0. The molecular formula is C22H32O5. The number of carboxylic acid groups (broad SMARTS) is 1. The predicted molar refractivity (Wildman–Crippen MR) is 103 cm³/mol. The minimum Gasteiger partial charge on any atom is -0.479 e. The molecule has 0 aromatic rings. The molecular weight excluding hydrogens is 344 g/mol.